The first kappa shape index (κ1) is 17.4. The first-order valence-corrected chi connectivity index (χ1v) is 8.22. The highest BCUT2D eigenvalue weighted by Gasteiger charge is 2.25. The number of benzene rings is 1. The molecule has 25 heavy (non-hydrogen) atoms. The van der Waals surface area contributed by atoms with Gasteiger partial charge in [-0.2, -0.15) is 0 Å². The summed E-state index contributed by atoms with van der Waals surface area (Å²) in [5, 5.41) is 2.87. The normalized spacial score (nSPS) is 16.4. The lowest BCUT2D eigenvalue weighted by Gasteiger charge is -2.33. The standard InChI is InChI=1S/C18H21FN2O4/c19-14-3-5-15(6-4-14)25-13-18(22)20-12-16(17-2-1-9-24-17)21-7-10-23-11-8-21/h1-6,9,16H,7-8,10-13H2,(H,20,22)/t16-/m0/s1. The molecule has 0 bridgehead atoms. The summed E-state index contributed by atoms with van der Waals surface area (Å²) in [6.07, 6.45) is 1.63. The van der Waals surface area contributed by atoms with Crippen LogP contribution in [0.25, 0.3) is 0 Å². The largest absolute Gasteiger partial charge is 0.484 e. The number of hydrogen-bond donors (Lipinski definition) is 1. The van der Waals surface area contributed by atoms with Gasteiger partial charge in [0.1, 0.15) is 17.3 Å². The number of nitrogens with one attached hydrogen (secondary N) is 1. The van der Waals surface area contributed by atoms with Crippen LogP contribution in [0, 0.1) is 5.82 Å². The van der Waals surface area contributed by atoms with Crippen LogP contribution in [0.1, 0.15) is 11.8 Å². The van der Waals surface area contributed by atoms with Gasteiger partial charge in [-0.25, -0.2) is 4.39 Å². The molecule has 1 aliphatic rings. The Morgan fingerprint density at radius 2 is 2.00 bits per heavy atom. The molecule has 1 aromatic heterocycles. The van der Waals surface area contributed by atoms with Crippen LogP contribution in [0.5, 0.6) is 5.75 Å². The molecule has 0 spiro atoms. The lowest BCUT2D eigenvalue weighted by molar-refractivity contribution is -0.123. The molecule has 0 aliphatic carbocycles. The molecule has 1 aliphatic heterocycles. The summed E-state index contributed by atoms with van der Waals surface area (Å²) in [5.74, 6) is 0.673. The van der Waals surface area contributed by atoms with Crippen molar-refractivity contribution in [2.24, 2.45) is 0 Å². The third kappa shape index (κ3) is 5.04. The average Bonchev–Trinajstić information content (AvgIpc) is 3.17. The van der Waals surface area contributed by atoms with E-state index in [2.05, 4.69) is 10.2 Å². The summed E-state index contributed by atoms with van der Waals surface area (Å²) in [6, 6.07) is 9.25. The number of nitrogens with zero attached hydrogens (tertiary/aromatic N) is 1. The zero-order valence-corrected chi connectivity index (χ0v) is 13.8. The van der Waals surface area contributed by atoms with Crippen molar-refractivity contribution < 1.29 is 23.1 Å². The van der Waals surface area contributed by atoms with Crippen molar-refractivity contribution in [2.45, 2.75) is 6.04 Å². The minimum absolute atomic E-state index is 0.0475. The van der Waals surface area contributed by atoms with Crippen molar-refractivity contribution in [1.82, 2.24) is 10.2 Å². The second-order valence-corrected chi connectivity index (χ2v) is 5.73. The van der Waals surface area contributed by atoms with E-state index in [1.54, 1.807) is 6.26 Å². The molecule has 6 nitrogen and oxygen atoms in total. The number of carbonyl (C=O) groups is 1. The Hall–Kier alpha value is -2.38. The number of halogens is 1. The Morgan fingerprint density at radius 3 is 2.68 bits per heavy atom. The maximum absolute atomic E-state index is 12.8. The van der Waals surface area contributed by atoms with Crippen molar-refractivity contribution in [3.63, 3.8) is 0 Å². The summed E-state index contributed by atoms with van der Waals surface area (Å²) in [4.78, 5) is 14.3. The molecule has 7 heteroatoms. The number of ether oxygens (including phenoxy) is 2. The topological polar surface area (TPSA) is 63.9 Å². The van der Waals surface area contributed by atoms with E-state index in [-0.39, 0.29) is 24.4 Å². The van der Waals surface area contributed by atoms with E-state index in [0.717, 1.165) is 18.8 Å². The number of amides is 1. The minimum atomic E-state index is -0.344. The van der Waals surface area contributed by atoms with Crippen molar-refractivity contribution in [3.05, 3.63) is 54.2 Å². The summed E-state index contributed by atoms with van der Waals surface area (Å²) < 4.78 is 29.1. The second kappa shape index (κ2) is 8.64. The van der Waals surface area contributed by atoms with Crippen molar-refractivity contribution in [1.29, 1.82) is 0 Å². The van der Waals surface area contributed by atoms with Gasteiger partial charge in [-0.1, -0.05) is 0 Å². The molecule has 2 heterocycles. The molecule has 1 fully saturated rings. The van der Waals surface area contributed by atoms with Crippen LogP contribution in [0.4, 0.5) is 4.39 Å². The van der Waals surface area contributed by atoms with Crippen molar-refractivity contribution >= 4 is 5.91 Å². The fourth-order valence-corrected chi connectivity index (χ4v) is 2.72. The van der Waals surface area contributed by atoms with Gasteiger partial charge < -0.3 is 19.2 Å². The molecule has 0 radical (unpaired) electrons. The molecule has 134 valence electrons. The summed E-state index contributed by atoms with van der Waals surface area (Å²) in [7, 11) is 0. The highest BCUT2D eigenvalue weighted by atomic mass is 19.1. The Bertz CT molecular complexity index is 654. The van der Waals surface area contributed by atoms with E-state index in [4.69, 9.17) is 13.9 Å². The number of morpholine rings is 1. The summed E-state index contributed by atoms with van der Waals surface area (Å²) >= 11 is 0. The first-order valence-electron chi connectivity index (χ1n) is 8.22. The summed E-state index contributed by atoms with van der Waals surface area (Å²) in [6.45, 7) is 3.19. The fourth-order valence-electron chi connectivity index (χ4n) is 2.72. The fraction of sp³-hybridized carbons (Fsp3) is 0.389. The highest BCUT2D eigenvalue weighted by Crippen LogP contribution is 2.21. The van der Waals surface area contributed by atoms with Gasteiger partial charge in [0, 0.05) is 19.6 Å². The van der Waals surface area contributed by atoms with Gasteiger partial charge in [-0.05, 0) is 36.4 Å². The van der Waals surface area contributed by atoms with Gasteiger partial charge in [-0.3, -0.25) is 9.69 Å². The Labute approximate surface area is 145 Å². The Balaban J connectivity index is 1.51. The van der Waals surface area contributed by atoms with Crippen LogP contribution in [0.2, 0.25) is 0 Å². The van der Waals surface area contributed by atoms with Gasteiger partial charge in [0.15, 0.2) is 6.61 Å². The maximum Gasteiger partial charge on any atom is 0.258 e. The molecule has 1 aromatic carbocycles. The molecule has 2 aromatic rings. The lowest BCUT2D eigenvalue weighted by Crippen LogP contribution is -2.44. The zero-order chi connectivity index (χ0) is 17.5. The molecule has 1 amide bonds. The van der Waals surface area contributed by atoms with Crippen LogP contribution >= 0.6 is 0 Å². The van der Waals surface area contributed by atoms with Crippen LogP contribution in [-0.2, 0) is 9.53 Å². The van der Waals surface area contributed by atoms with E-state index in [9.17, 15) is 9.18 Å². The Kier molecular flexibility index (Phi) is 6.03. The number of rotatable bonds is 7. The van der Waals surface area contributed by atoms with Crippen molar-refractivity contribution in [2.75, 3.05) is 39.5 Å². The van der Waals surface area contributed by atoms with E-state index in [1.165, 1.54) is 24.3 Å². The van der Waals surface area contributed by atoms with E-state index < -0.39 is 0 Å². The molecule has 3 rings (SSSR count). The van der Waals surface area contributed by atoms with Gasteiger partial charge in [-0.15, -0.1) is 0 Å². The van der Waals surface area contributed by atoms with Gasteiger partial charge in [0.25, 0.3) is 5.91 Å². The van der Waals surface area contributed by atoms with Crippen LogP contribution in [-0.4, -0.2) is 50.3 Å². The van der Waals surface area contributed by atoms with E-state index >= 15 is 0 Å². The van der Waals surface area contributed by atoms with Crippen LogP contribution in [0.3, 0.4) is 0 Å². The smallest absolute Gasteiger partial charge is 0.258 e. The molecule has 1 atom stereocenters. The first-order chi connectivity index (χ1) is 12.2. The minimum Gasteiger partial charge on any atom is -0.484 e. The predicted molar refractivity (Wildman–Crippen MR) is 88.7 cm³/mol. The highest BCUT2D eigenvalue weighted by molar-refractivity contribution is 5.77. The third-order valence-corrected chi connectivity index (χ3v) is 4.03. The monoisotopic (exact) mass is 348 g/mol. The van der Waals surface area contributed by atoms with Crippen LogP contribution in [0.15, 0.2) is 47.1 Å². The average molecular weight is 348 g/mol. The number of carbonyl (C=O) groups excluding carboxylic acids is 1. The van der Waals surface area contributed by atoms with Gasteiger partial charge in [0.05, 0.1) is 25.5 Å². The molecule has 0 unspecified atom stereocenters. The quantitative estimate of drug-likeness (QED) is 0.829. The molecule has 1 saturated heterocycles. The number of furan rings is 1. The van der Waals surface area contributed by atoms with E-state index in [0.29, 0.717) is 25.5 Å². The molecule has 0 saturated carbocycles. The maximum atomic E-state index is 12.8. The predicted octanol–water partition coefficient (Wildman–Crippen LogP) is 1.99. The zero-order valence-electron chi connectivity index (χ0n) is 13.8. The third-order valence-electron chi connectivity index (χ3n) is 4.03. The lowest BCUT2D eigenvalue weighted by atomic mass is 10.1. The summed E-state index contributed by atoms with van der Waals surface area (Å²) in [5.41, 5.74) is 0. The van der Waals surface area contributed by atoms with Crippen molar-refractivity contribution in [3.8, 4) is 5.75 Å². The molecular weight excluding hydrogens is 327 g/mol. The number of hydrogen-bond acceptors (Lipinski definition) is 5. The molecular formula is C18H21FN2O4. The second-order valence-electron chi connectivity index (χ2n) is 5.73. The van der Waals surface area contributed by atoms with Crippen LogP contribution < -0.4 is 10.1 Å². The SMILES string of the molecule is O=C(COc1ccc(F)cc1)NC[C@@H](c1ccco1)N1CCOCC1. The Morgan fingerprint density at radius 1 is 1.24 bits per heavy atom. The molecule has 1 N–H and O–H groups in total. The van der Waals surface area contributed by atoms with Gasteiger partial charge in [0.2, 0.25) is 0 Å². The van der Waals surface area contributed by atoms with Gasteiger partial charge >= 0.3 is 0 Å². The van der Waals surface area contributed by atoms with E-state index in [1.807, 2.05) is 12.1 Å².